The molecule has 1 saturated heterocycles. The van der Waals surface area contributed by atoms with E-state index in [0.29, 0.717) is 6.61 Å². The van der Waals surface area contributed by atoms with Crippen molar-refractivity contribution in [2.45, 2.75) is 63.2 Å². The third kappa shape index (κ3) is 6.87. The maximum absolute atomic E-state index is 9.98. The highest BCUT2D eigenvalue weighted by Crippen LogP contribution is 2.47. The van der Waals surface area contributed by atoms with E-state index in [2.05, 4.69) is 59.5 Å². The van der Waals surface area contributed by atoms with Crippen LogP contribution in [0.2, 0.25) is 0 Å². The molecule has 5 rings (SSSR count). The summed E-state index contributed by atoms with van der Waals surface area (Å²) >= 11 is 0. The van der Waals surface area contributed by atoms with Gasteiger partial charge >= 0.3 is 0 Å². The number of hydrogen-bond donors (Lipinski definition) is 1. The number of rotatable bonds is 12. The number of phenolic OH excluding ortho intramolecular Hbond substituents is 1. The van der Waals surface area contributed by atoms with E-state index in [4.69, 9.17) is 9.47 Å². The summed E-state index contributed by atoms with van der Waals surface area (Å²) < 4.78 is 12.2. The molecule has 37 heavy (non-hydrogen) atoms. The van der Waals surface area contributed by atoms with Crippen molar-refractivity contribution in [2.75, 3.05) is 32.8 Å². The molecule has 2 atom stereocenters. The molecule has 3 aromatic rings. The molecule has 2 heterocycles. The van der Waals surface area contributed by atoms with Gasteiger partial charge in [0.1, 0.15) is 17.2 Å². The van der Waals surface area contributed by atoms with E-state index in [1.807, 2.05) is 6.07 Å². The Balaban J connectivity index is 1.12. The van der Waals surface area contributed by atoms with Crippen LogP contribution in [0.25, 0.3) is 0 Å². The zero-order valence-electron chi connectivity index (χ0n) is 22.0. The van der Waals surface area contributed by atoms with E-state index in [0.717, 1.165) is 30.1 Å². The molecule has 2 aliphatic heterocycles. The molecule has 0 bridgehead atoms. The third-order valence-electron chi connectivity index (χ3n) is 7.96. The fourth-order valence-electron chi connectivity index (χ4n) is 5.91. The van der Waals surface area contributed by atoms with E-state index >= 15 is 0 Å². The van der Waals surface area contributed by atoms with Crippen LogP contribution in [0, 0.1) is 0 Å². The molecule has 3 aromatic carbocycles. The molecule has 0 spiro atoms. The van der Waals surface area contributed by atoms with E-state index < -0.39 is 0 Å². The first-order valence-electron chi connectivity index (χ1n) is 14.2. The molecule has 0 unspecified atom stereocenters. The van der Waals surface area contributed by atoms with Gasteiger partial charge in [0.15, 0.2) is 0 Å². The molecule has 4 heteroatoms. The van der Waals surface area contributed by atoms with Crippen molar-refractivity contribution in [1.82, 2.24) is 4.90 Å². The highest BCUT2D eigenvalue weighted by atomic mass is 16.5. The second-order valence-corrected chi connectivity index (χ2v) is 10.6. The van der Waals surface area contributed by atoms with Crippen LogP contribution in [0.15, 0.2) is 72.8 Å². The third-order valence-corrected chi connectivity index (χ3v) is 7.96. The molecule has 0 saturated carbocycles. The number of fused-ring (bicyclic) bond motifs is 1. The van der Waals surface area contributed by atoms with Gasteiger partial charge < -0.3 is 19.5 Å². The fourth-order valence-corrected chi connectivity index (χ4v) is 5.91. The van der Waals surface area contributed by atoms with Crippen molar-refractivity contribution in [3.63, 3.8) is 0 Å². The number of unbranched alkanes of at least 4 members (excludes halogenated alkanes) is 5. The molecular weight excluding hydrogens is 458 g/mol. The van der Waals surface area contributed by atoms with Crippen LogP contribution in [0.3, 0.4) is 0 Å². The second kappa shape index (κ2) is 13.0. The Morgan fingerprint density at radius 1 is 0.784 bits per heavy atom. The normalized spacial score (nSPS) is 19.4. The number of benzene rings is 3. The SMILES string of the molecule is Oc1ccc2c(c1)OC[C@H](c1ccccc1)[C@H]2c1ccc(OCCCCCCCCN2CCCC2)cc1. The molecule has 196 valence electrons. The molecule has 0 radical (unpaired) electrons. The zero-order chi connectivity index (χ0) is 25.3. The standard InChI is InChI=1S/C33H41NO3/c35-28-16-19-30-32(24-28)37-25-31(26-12-6-5-7-13-26)33(30)27-14-17-29(18-15-27)36-23-11-4-2-1-3-8-20-34-21-9-10-22-34/h5-7,12-19,24,31,33,35H,1-4,8-11,20-23,25H2/t31-,33+/m1/s1. The maximum atomic E-state index is 9.98. The lowest BCUT2D eigenvalue weighted by molar-refractivity contribution is 0.247. The van der Waals surface area contributed by atoms with Gasteiger partial charge in [-0.25, -0.2) is 0 Å². The Morgan fingerprint density at radius 3 is 2.30 bits per heavy atom. The fraction of sp³-hybridized carbons (Fsp3) is 0.455. The molecule has 2 aliphatic rings. The lowest BCUT2D eigenvalue weighted by atomic mass is 9.76. The number of likely N-dealkylation sites (tertiary alicyclic amines) is 1. The van der Waals surface area contributed by atoms with Crippen LogP contribution in [-0.2, 0) is 0 Å². The van der Waals surface area contributed by atoms with Gasteiger partial charge in [0.2, 0.25) is 0 Å². The average molecular weight is 500 g/mol. The van der Waals surface area contributed by atoms with E-state index in [1.165, 1.54) is 75.7 Å². The van der Waals surface area contributed by atoms with Gasteiger partial charge in [0, 0.05) is 23.5 Å². The minimum Gasteiger partial charge on any atom is -0.508 e. The van der Waals surface area contributed by atoms with E-state index in [1.54, 1.807) is 12.1 Å². The van der Waals surface area contributed by atoms with Crippen LogP contribution in [0.5, 0.6) is 17.2 Å². The van der Waals surface area contributed by atoms with Crippen LogP contribution in [-0.4, -0.2) is 42.9 Å². The largest absolute Gasteiger partial charge is 0.508 e. The highest BCUT2D eigenvalue weighted by Gasteiger charge is 2.33. The summed E-state index contributed by atoms with van der Waals surface area (Å²) in [5, 5.41) is 9.98. The summed E-state index contributed by atoms with van der Waals surface area (Å²) in [6.45, 7) is 5.30. The van der Waals surface area contributed by atoms with Crippen molar-refractivity contribution in [3.05, 3.63) is 89.5 Å². The van der Waals surface area contributed by atoms with Crippen LogP contribution >= 0.6 is 0 Å². The van der Waals surface area contributed by atoms with Crippen molar-refractivity contribution in [1.29, 1.82) is 0 Å². The molecular formula is C33H41NO3. The molecule has 0 amide bonds. The Kier molecular flexibility index (Phi) is 9.02. The van der Waals surface area contributed by atoms with Crippen molar-refractivity contribution in [2.24, 2.45) is 0 Å². The van der Waals surface area contributed by atoms with Crippen molar-refractivity contribution in [3.8, 4) is 17.2 Å². The van der Waals surface area contributed by atoms with Gasteiger partial charge in [-0.15, -0.1) is 0 Å². The number of aromatic hydroxyl groups is 1. The number of nitrogens with zero attached hydrogens (tertiary/aromatic N) is 1. The predicted molar refractivity (Wildman–Crippen MR) is 150 cm³/mol. The molecule has 0 aliphatic carbocycles. The lowest BCUT2D eigenvalue weighted by Gasteiger charge is -2.34. The topological polar surface area (TPSA) is 41.9 Å². The minimum atomic E-state index is 0.159. The van der Waals surface area contributed by atoms with E-state index in [-0.39, 0.29) is 17.6 Å². The number of phenols is 1. The van der Waals surface area contributed by atoms with Gasteiger partial charge in [-0.2, -0.15) is 0 Å². The second-order valence-electron chi connectivity index (χ2n) is 10.6. The monoisotopic (exact) mass is 499 g/mol. The Hall–Kier alpha value is -2.98. The summed E-state index contributed by atoms with van der Waals surface area (Å²) in [4.78, 5) is 2.62. The van der Waals surface area contributed by atoms with Gasteiger partial charge in [0.25, 0.3) is 0 Å². The number of ether oxygens (including phenoxy) is 2. The van der Waals surface area contributed by atoms with Crippen LogP contribution in [0.1, 0.15) is 79.9 Å². The number of hydrogen-bond acceptors (Lipinski definition) is 4. The predicted octanol–water partition coefficient (Wildman–Crippen LogP) is 7.52. The van der Waals surface area contributed by atoms with Gasteiger partial charge in [0.05, 0.1) is 13.2 Å². The highest BCUT2D eigenvalue weighted by molar-refractivity contribution is 5.50. The van der Waals surface area contributed by atoms with E-state index in [9.17, 15) is 5.11 Å². The maximum Gasteiger partial charge on any atom is 0.126 e. The van der Waals surface area contributed by atoms with Crippen LogP contribution < -0.4 is 9.47 Å². The average Bonchev–Trinajstić information content (AvgIpc) is 3.46. The van der Waals surface area contributed by atoms with Gasteiger partial charge in [-0.1, -0.05) is 74.2 Å². The zero-order valence-corrected chi connectivity index (χ0v) is 22.0. The van der Waals surface area contributed by atoms with Gasteiger partial charge in [-0.3, -0.25) is 0 Å². The summed E-state index contributed by atoms with van der Waals surface area (Å²) in [6, 6.07) is 24.7. The van der Waals surface area contributed by atoms with Gasteiger partial charge in [-0.05, 0) is 74.6 Å². The molecule has 1 N–H and O–H groups in total. The molecule has 0 aromatic heterocycles. The summed E-state index contributed by atoms with van der Waals surface area (Å²) in [5.74, 6) is 2.31. The van der Waals surface area contributed by atoms with Crippen LogP contribution in [0.4, 0.5) is 0 Å². The first kappa shape index (κ1) is 25.7. The quantitative estimate of drug-likeness (QED) is 0.262. The summed E-state index contributed by atoms with van der Waals surface area (Å²) in [5.41, 5.74) is 3.62. The summed E-state index contributed by atoms with van der Waals surface area (Å²) in [7, 11) is 0. The summed E-state index contributed by atoms with van der Waals surface area (Å²) in [6.07, 6.45) is 10.5. The Morgan fingerprint density at radius 2 is 1.51 bits per heavy atom. The lowest BCUT2D eigenvalue weighted by Crippen LogP contribution is -2.25. The molecule has 1 fully saturated rings. The van der Waals surface area contributed by atoms with Crippen molar-refractivity contribution >= 4 is 0 Å². The van der Waals surface area contributed by atoms with Crippen molar-refractivity contribution < 1.29 is 14.6 Å². The Bertz CT molecular complexity index is 1090. The molecule has 4 nitrogen and oxygen atoms in total. The first-order chi connectivity index (χ1) is 18.3. The first-order valence-corrected chi connectivity index (χ1v) is 14.2. The minimum absolute atomic E-state index is 0.159. The Labute approximate surface area is 222 Å². The smallest absolute Gasteiger partial charge is 0.126 e.